The van der Waals surface area contributed by atoms with E-state index < -0.39 is 7.82 Å². The molecule has 6 heteroatoms. The van der Waals surface area contributed by atoms with Crippen molar-refractivity contribution in [2.24, 2.45) is 0 Å². The van der Waals surface area contributed by atoms with Crippen LogP contribution in [0.2, 0.25) is 0 Å². The first-order chi connectivity index (χ1) is 9.06. The summed E-state index contributed by atoms with van der Waals surface area (Å²) in [6, 6.07) is 0. The molecule has 0 heterocycles. The first kappa shape index (κ1) is 22.4. The molecule has 0 unspecified atom stereocenters. The van der Waals surface area contributed by atoms with Crippen LogP contribution in [0.5, 0.6) is 0 Å². The Hall–Kier alpha value is 0.0700. The number of rotatable bonds is 14. The van der Waals surface area contributed by atoms with E-state index in [0.29, 0.717) is 6.42 Å². The molecular formula is C14H33NO4P-. The number of phosphoric acid groups is 1. The van der Waals surface area contributed by atoms with E-state index in [4.69, 9.17) is 0 Å². The van der Waals surface area contributed by atoms with Gasteiger partial charge in [-0.05, 0) is 6.42 Å². The molecule has 0 fully saturated rings. The fraction of sp³-hybridized carbons (Fsp3) is 1.00. The zero-order chi connectivity index (χ0) is 14.4. The van der Waals surface area contributed by atoms with Crippen molar-refractivity contribution in [3.05, 3.63) is 0 Å². The van der Waals surface area contributed by atoms with Crippen molar-refractivity contribution in [2.45, 2.75) is 84.0 Å². The van der Waals surface area contributed by atoms with Crippen LogP contribution in [0.1, 0.15) is 84.0 Å². The summed E-state index contributed by atoms with van der Waals surface area (Å²) in [5, 5.41) is 0. The topological polar surface area (TPSA) is 109 Å². The standard InChI is InChI=1S/C14H31O4P.H3N/c1-2-3-4-5-6-7-8-9-10-11-12-13-14-18-19(15,16)17;/h2-14H2,1H3,(H2,15,16,17);1H3/p-1. The van der Waals surface area contributed by atoms with Crippen molar-refractivity contribution in [2.75, 3.05) is 6.61 Å². The second kappa shape index (κ2) is 15.5. The van der Waals surface area contributed by atoms with Gasteiger partial charge in [0.15, 0.2) is 0 Å². The highest BCUT2D eigenvalue weighted by atomic mass is 31.2. The van der Waals surface area contributed by atoms with Crippen molar-refractivity contribution in [1.82, 2.24) is 6.15 Å². The molecule has 0 amide bonds. The number of unbranched alkanes of at least 4 members (excludes halogenated alkanes) is 11. The number of hydrogen-bond acceptors (Lipinski definition) is 4. The summed E-state index contributed by atoms with van der Waals surface area (Å²) in [7, 11) is -4.75. The minimum atomic E-state index is -4.75. The smallest absolute Gasteiger partial charge is 0.0596 e. The Balaban J connectivity index is 0. The van der Waals surface area contributed by atoms with Crippen LogP contribution in [0.4, 0.5) is 0 Å². The van der Waals surface area contributed by atoms with E-state index in [1.165, 1.54) is 57.8 Å². The first-order valence-corrected chi connectivity index (χ1v) is 9.19. The number of quaternary nitrogens is 1. The van der Waals surface area contributed by atoms with E-state index in [1.54, 1.807) is 0 Å². The summed E-state index contributed by atoms with van der Waals surface area (Å²) in [5.74, 6) is 0. The van der Waals surface area contributed by atoms with Crippen LogP contribution in [-0.4, -0.2) is 6.61 Å². The molecule has 0 aromatic rings. The maximum absolute atomic E-state index is 10.2. The molecule has 0 rings (SSSR count). The van der Waals surface area contributed by atoms with Gasteiger partial charge in [0, 0.05) is 0 Å². The van der Waals surface area contributed by atoms with Gasteiger partial charge in [-0.15, -0.1) is 0 Å². The van der Waals surface area contributed by atoms with Gasteiger partial charge in [0.25, 0.3) is 0 Å². The highest BCUT2D eigenvalue weighted by Gasteiger charge is 1.94. The van der Waals surface area contributed by atoms with Crippen molar-refractivity contribution < 1.29 is 18.9 Å². The summed E-state index contributed by atoms with van der Waals surface area (Å²) in [6.45, 7) is 2.28. The van der Waals surface area contributed by atoms with Crippen molar-refractivity contribution >= 4 is 7.82 Å². The van der Waals surface area contributed by atoms with Gasteiger partial charge in [0.2, 0.25) is 0 Å². The predicted molar refractivity (Wildman–Crippen MR) is 80.6 cm³/mol. The lowest BCUT2D eigenvalue weighted by Gasteiger charge is -2.28. The van der Waals surface area contributed by atoms with Crippen LogP contribution < -0.4 is 15.9 Å². The summed E-state index contributed by atoms with van der Waals surface area (Å²) >= 11 is 0. The molecule has 0 saturated carbocycles. The van der Waals surface area contributed by atoms with E-state index in [2.05, 4.69) is 11.4 Å². The minimum Gasteiger partial charge on any atom is -0.790 e. The van der Waals surface area contributed by atoms with Gasteiger partial charge in [-0.1, -0.05) is 77.6 Å². The maximum Gasteiger partial charge on any atom is 0.0596 e. The Morgan fingerprint density at radius 1 is 0.750 bits per heavy atom. The van der Waals surface area contributed by atoms with Gasteiger partial charge < -0.3 is 25.0 Å². The summed E-state index contributed by atoms with van der Waals surface area (Å²) in [5.41, 5.74) is 0. The Labute approximate surface area is 124 Å². The van der Waals surface area contributed by atoms with Crippen molar-refractivity contribution in [1.29, 1.82) is 0 Å². The summed E-state index contributed by atoms with van der Waals surface area (Å²) < 4.78 is 14.3. The molecule has 0 saturated heterocycles. The van der Waals surface area contributed by atoms with Crippen LogP contribution in [0.25, 0.3) is 0 Å². The molecule has 0 spiro atoms. The second-order valence-electron chi connectivity index (χ2n) is 5.17. The molecule has 0 aromatic carbocycles. The highest BCUT2D eigenvalue weighted by molar-refractivity contribution is 7.43. The Morgan fingerprint density at radius 2 is 1.10 bits per heavy atom. The third kappa shape index (κ3) is 20.4. The van der Waals surface area contributed by atoms with Gasteiger partial charge >= 0.3 is 0 Å². The Morgan fingerprint density at radius 3 is 1.45 bits per heavy atom. The molecule has 124 valence electrons. The molecule has 0 atom stereocenters. The van der Waals surface area contributed by atoms with Gasteiger partial charge in [-0.3, -0.25) is 0 Å². The quantitative estimate of drug-likeness (QED) is 0.387. The third-order valence-corrected chi connectivity index (χ3v) is 3.75. The second-order valence-corrected chi connectivity index (χ2v) is 6.32. The van der Waals surface area contributed by atoms with Crippen LogP contribution in [-0.2, 0) is 9.09 Å². The lowest BCUT2D eigenvalue weighted by atomic mass is 10.1. The zero-order valence-corrected chi connectivity index (χ0v) is 14.2. The monoisotopic (exact) mass is 310 g/mol. The fourth-order valence-electron chi connectivity index (χ4n) is 2.12. The van der Waals surface area contributed by atoms with Gasteiger partial charge in [-0.2, -0.15) is 0 Å². The summed E-state index contributed by atoms with van der Waals surface area (Å²) in [4.78, 5) is 20.4. The van der Waals surface area contributed by atoms with Gasteiger partial charge in [-0.25, -0.2) is 0 Å². The van der Waals surface area contributed by atoms with Gasteiger partial charge in [0.1, 0.15) is 0 Å². The molecule has 0 radical (unpaired) electrons. The largest absolute Gasteiger partial charge is 0.790 e. The molecular weight excluding hydrogens is 277 g/mol. The maximum atomic E-state index is 10.2. The summed E-state index contributed by atoms with van der Waals surface area (Å²) in [6.07, 6.45) is 14.6. The fourth-order valence-corrected chi connectivity index (χ4v) is 2.47. The molecule has 0 aromatic heterocycles. The molecule has 0 aliphatic heterocycles. The van der Waals surface area contributed by atoms with E-state index in [-0.39, 0.29) is 12.8 Å². The third-order valence-electron chi connectivity index (χ3n) is 3.25. The minimum absolute atomic E-state index is 0. The molecule has 4 N–H and O–H groups in total. The molecule has 0 aliphatic rings. The predicted octanol–water partition coefficient (Wildman–Crippen LogP) is 3.91. The van der Waals surface area contributed by atoms with Crippen LogP contribution in [0.3, 0.4) is 0 Å². The molecule has 20 heavy (non-hydrogen) atoms. The van der Waals surface area contributed by atoms with Crippen LogP contribution in [0, 0.1) is 0 Å². The Kier molecular flexibility index (Phi) is 17.3. The first-order valence-electron chi connectivity index (χ1n) is 7.73. The number of phosphoric ester groups is 1. The van der Waals surface area contributed by atoms with Gasteiger partial charge in [0.05, 0.1) is 14.4 Å². The van der Waals surface area contributed by atoms with E-state index in [0.717, 1.165) is 12.8 Å². The Bertz CT molecular complexity index is 233. The molecule has 5 nitrogen and oxygen atoms in total. The van der Waals surface area contributed by atoms with Crippen LogP contribution in [0.15, 0.2) is 0 Å². The van der Waals surface area contributed by atoms with Crippen molar-refractivity contribution in [3.8, 4) is 0 Å². The normalized spacial score (nSPS) is 11.3. The molecule has 0 bridgehead atoms. The average Bonchev–Trinajstić information content (AvgIpc) is 2.34. The number of hydrogen-bond donors (Lipinski definition) is 1. The van der Waals surface area contributed by atoms with Crippen molar-refractivity contribution in [3.63, 3.8) is 0 Å². The van der Waals surface area contributed by atoms with Crippen LogP contribution >= 0.6 is 7.82 Å². The highest BCUT2D eigenvalue weighted by Crippen LogP contribution is 2.24. The SMILES string of the molecule is CCCCCCCCCCCCCCOP(=O)([O-])[O-].[NH4+]. The lowest BCUT2D eigenvalue weighted by molar-refractivity contribution is -0.341. The average molecular weight is 310 g/mol. The van der Waals surface area contributed by atoms with E-state index in [9.17, 15) is 14.4 Å². The molecule has 0 aliphatic carbocycles. The lowest BCUT2D eigenvalue weighted by Crippen LogP contribution is -2.16. The zero-order valence-electron chi connectivity index (χ0n) is 13.3. The van der Waals surface area contributed by atoms with E-state index >= 15 is 0 Å². The van der Waals surface area contributed by atoms with E-state index in [1.807, 2.05) is 0 Å².